The Morgan fingerprint density at radius 3 is 2.47 bits per heavy atom. The minimum absolute atomic E-state index is 0.286. The minimum Gasteiger partial charge on any atom is -0.369 e. The molecule has 0 aliphatic carbocycles. The molecule has 15 heavy (non-hydrogen) atoms. The number of hydrogen-bond acceptors (Lipinski definition) is 1. The van der Waals surface area contributed by atoms with E-state index < -0.39 is 0 Å². The van der Waals surface area contributed by atoms with Crippen LogP contribution in [0.3, 0.4) is 0 Å². The number of rotatable bonds is 2. The van der Waals surface area contributed by atoms with Crippen LogP contribution in [0.1, 0.15) is 5.56 Å². The Labute approximate surface area is 96.2 Å². The van der Waals surface area contributed by atoms with E-state index in [4.69, 9.17) is 5.73 Å². The SMILES string of the molecule is NC(=O)Cc1ccc(Br)c2ccccc12. The summed E-state index contributed by atoms with van der Waals surface area (Å²) < 4.78 is 1.03. The predicted molar refractivity (Wildman–Crippen MR) is 64.5 cm³/mol. The van der Waals surface area contributed by atoms with Gasteiger partial charge in [-0.25, -0.2) is 0 Å². The highest BCUT2D eigenvalue weighted by molar-refractivity contribution is 9.10. The van der Waals surface area contributed by atoms with Gasteiger partial charge in [0.05, 0.1) is 6.42 Å². The second-order valence-electron chi connectivity index (χ2n) is 3.40. The van der Waals surface area contributed by atoms with Gasteiger partial charge in [-0.15, -0.1) is 0 Å². The maximum absolute atomic E-state index is 10.9. The molecule has 2 rings (SSSR count). The van der Waals surface area contributed by atoms with E-state index in [-0.39, 0.29) is 12.3 Å². The van der Waals surface area contributed by atoms with Gasteiger partial charge in [-0.05, 0) is 22.4 Å². The smallest absolute Gasteiger partial charge is 0.221 e. The lowest BCUT2D eigenvalue weighted by Crippen LogP contribution is -2.13. The van der Waals surface area contributed by atoms with Crippen molar-refractivity contribution >= 4 is 32.6 Å². The lowest BCUT2D eigenvalue weighted by Gasteiger charge is -2.06. The molecule has 0 spiro atoms. The third-order valence-corrected chi connectivity index (χ3v) is 3.02. The number of hydrogen-bond donors (Lipinski definition) is 1. The maximum Gasteiger partial charge on any atom is 0.221 e. The maximum atomic E-state index is 10.9. The standard InChI is InChI=1S/C12H10BrNO/c13-11-6-5-8(7-12(14)15)9-3-1-2-4-10(9)11/h1-6H,7H2,(H2,14,15). The summed E-state index contributed by atoms with van der Waals surface area (Å²) >= 11 is 3.48. The molecule has 76 valence electrons. The third kappa shape index (κ3) is 2.02. The average Bonchev–Trinajstić information content (AvgIpc) is 2.22. The van der Waals surface area contributed by atoms with Crippen molar-refractivity contribution in [3.63, 3.8) is 0 Å². The minimum atomic E-state index is -0.303. The van der Waals surface area contributed by atoms with Crippen molar-refractivity contribution in [3.05, 3.63) is 46.4 Å². The first kappa shape index (κ1) is 10.2. The third-order valence-electron chi connectivity index (χ3n) is 2.33. The fourth-order valence-corrected chi connectivity index (χ4v) is 2.14. The van der Waals surface area contributed by atoms with E-state index in [9.17, 15) is 4.79 Å². The van der Waals surface area contributed by atoms with Crippen molar-refractivity contribution in [2.24, 2.45) is 5.73 Å². The van der Waals surface area contributed by atoms with Crippen molar-refractivity contribution in [1.29, 1.82) is 0 Å². The number of carbonyl (C=O) groups is 1. The Hall–Kier alpha value is -1.35. The summed E-state index contributed by atoms with van der Waals surface area (Å²) in [6, 6.07) is 11.8. The molecule has 0 heterocycles. The molecule has 0 fully saturated rings. The van der Waals surface area contributed by atoms with Gasteiger partial charge in [0, 0.05) is 4.47 Å². The number of benzene rings is 2. The van der Waals surface area contributed by atoms with Crippen molar-refractivity contribution in [1.82, 2.24) is 0 Å². The van der Waals surface area contributed by atoms with E-state index in [0.717, 1.165) is 20.8 Å². The first-order valence-electron chi connectivity index (χ1n) is 4.63. The molecule has 0 bridgehead atoms. The molecule has 0 radical (unpaired) electrons. The van der Waals surface area contributed by atoms with Crippen LogP contribution in [-0.2, 0) is 11.2 Å². The van der Waals surface area contributed by atoms with Gasteiger partial charge < -0.3 is 5.73 Å². The number of primary amides is 1. The van der Waals surface area contributed by atoms with Crippen LogP contribution in [0.25, 0.3) is 10.8 Å². The molecule has 0 unspecified atom stereocenters. The van der Waals surface area contributed by atoms with Crippen LogP contribution in [0.15, 0.2) is 40.9 Å². The zero-order valence-corrected chi connectivity index (χ0v) is 9.62. The molecule has 1 amide bonds. The molecule has 0 aliphatic heterocycles. The lowest BCUT2D eigenvalue weighted by molar-refractivity contribution is -0.117. The molecule has 2 N–H and O–H groups in total. The normalized spacial score (nSPS) is 10.5. The summed E-state index contributed by atoms with van der Waals surface area (Å²) in [6.07, 6.45) is 0.286. The van der Waals surface area contributed by atoms with Gasteiger partial charge in [-0.3, -0.25) is 4.79 Å². The Morgan fingerprint density at radius 1 is 1.13 bits per heavy atom. The van der Waals surface area contributed by atoms with Crippen LogP contribution >= 0.6 is 15.9 Å². The van der Waals surface area contributed by atoms with Gasteiger partial charge in [0.2, 0.25) is 5.91 Å². The van der Waals surface area contributed by atoms with E-state index in [2.05, 4.69) is 15.9 Å². The summed E-state index contributed by atoms with van der Waals surface area (Å²) in [5.41, 5.74) is 6.18. The van der Waals surface area contributed by atoms with Crippen LogP contribution in [0.4, 0.5) is 0 Å². The van der Waals surface area contributed by atoms with E-state index in [1.165, 1.54) is 0 Å². The molecule has 2 aromatic carbocycles. The van der Waals surface area contributed by atoms with E-state index in [1.807, 2.05) is 36.4 Å². The highest BCUT2D eigenvalue weighted by Crippen LogP contribution is 2.26. The van der Waals surface area contributed by atoms with Crippen molar-refractivity contribution in [3.8, 4) is 0 Å². The van der Waals surface area contributed by atoms with Crippen LogP contribution in [0, 0.1) is 0 Å². The van der Waals surface area contributed by atoms with Gasteiger partial charge in [0.25, 0.3) is 0 Å². The fraction of sp³-hybridized carbons (Fsp3) is 0.0833. The molecule has 2 aromatic rings. The zero-order valence-electron chi connectivity index (χ0n) is 8.03. The molecule has 2 nitrogen and oxygen atoms in total. The van der Waals surface area contributed by atoms with E-state index in [0.29, 0.717) is 0 Å². The summed E-state index contributed by atoms with van der Waals surface area (Å²) in [4.78, 5) is 10.9. The summed E-state index contributed by atoms with van der Waals surface area (Å²) in [6.45, 7) is 0. The van der Waals surface area contributed by atoms with Crippen LogP contribution in [0.5, 0.6) is 0 Å². The monoisotopic (exact) mass is 263 g/mol. The quantitative estimate of drug-likeness (QED) is 0.890. The molecular formula is C12H10BrNO. The molecule has 0 aromatic heterocycles. The highest BCUT2D eigenvalue weighted by Gasteiger charge is 2.05. The van der Waals surface area contributed by atoms with Gasteiger partial charge >= 0.3 is 0 Å². The van der Waals surface area contributed by atoms with Crippen LogP contribution < -0.4 is 5.73 Å². The Morgan fingerprint density at radius 2 is 1.80 bits per heavy atom. The topological polar surface area (TPSA) is 43.1 Å². The number of amides is 1. The number of halogens is 1. The zero-order chi connectivity index (χ0) is 10.8. The van der Waals surface area contributed by atoms with Crippen LogP contribution in [0.2, 0.25) is 0 Å². The van der Waals surface area contributed by atoms with Gasteiger partial charge in [0.15, 0.2) is 0 Å². The summed E-state index contributed by atoms with van der Waals surface area (Å²) in [5, 5.41) is 2.18. The Kier molecular flexibility index (Phi) is 2.73. The molecule has 3 heteroatoms. The van der Waals surface area contributed by atoms with Gasteiger partial charge in [-0.2, -0.15) is 0 Å². The van der Waals surface area contributed by atoms with E-state index in [1.54, 1.807) is 0 Å². The second-order valence-corrected chi connectivity index (χ2v) is 4.25. The summed E-state index contributed by atoms with van der Waals surface area (Å²) in [5.74, 6) is -0.303. The lowest BCUT2D eigenvalue weighted by atomic mass is 10.0. The number of fused-ring (bicyclic) bond motifs is 1. The average molecular weight is 264 g/mol. The predicted octanol–water partition coefficient (Wildman–Crippen LogP) is 2.63. The van der Waals surface area contributed by atoms with Crippen molar-refractivity contribution in [2.45, 2.75) is 6.42 Å². The van der Waals surface area contributed by atoms with Crippen molar-refractivity contribution in [2.75, 3.05) is 0 Å². The highest BCUT2D eigenvalue weighted by atomic mass is 79.9. The van der Waals surface area contributed by atoms with Gasteiger partial charge in [0.1, 0.15) is 0 Å². The fourth-order valence-electron chi connectivity index (χ4n) is 1.67. The molecule has 0 atom stereocenters. The second kappa shape index (κ2) is 4.03. The van der Waals surface area contributed by atoms with Gasteiger partial charge in [-0.1, -0.05) is 46.3 Å². The largest absolute Gasteiger partial charge is 0.369 e. The number of nitrogens with two attached hydrogens (primary N) is 1. The Bertz CT molecular complexity index is 522. The molecule has 0 saturated heterocycles. The summed E-state index contributed by atoms with van der Waals surface area (Å²) in [7, 11) is 0. The van der Waals surface area contributed by atoms with Crippen LogP contribution in [-0.4, -0.2) is 5.91 Å². The first-order chi connectivity index (χ1) is 7.18. The molecular weight excluding hydrogens is 254 g/mol. The van der Waals surface area contributed by atoms with E-state index >= 15 is 0 Å². The van der Waals surface area contributed by atoms with Crippen molar-refractivity contribution < 1.29 is 4.79 Å². The number of carbonyl (C=O) groups excluding carboxylic acids is 1. The molecule has 0 aliphatic rings. The molecule has 0 saturated carbocycles. The first-order valence-corrected chi connectivity index (χ1v) is 5.42. The Balaban J connectivity index is 2.66.